The van der Waals surface area contributed by atoms with E-state index in [2.05, 4.69) is 18.5 Å². The Morgan fingerprint density at radius 2 is 2.33 bits per heavy atom. The topological polar surface area (TPSA) is 38.0 Å². The Morgan fingerprint density at radius 3 is 2.67 bits per heavy atom. The molecule has 1 unspecified atom stereocenters. The zero-order valence-electron chi connectivity index (χ0n) is 5.43. The van der Waals surface area contributed by atoms with Gasteiger partial charge in [0.2, 0.25) is 0 Å². The van der Waals surface area contributed by atoms with E-state index in [1.807, 2.05) is 0 Å². The summed E-state index contributed by atoms with van der Waals surface area (Å²) in [5.74, 6) is 0. The Morgan fingerprint density at radius 1 is 1.78 bits per heavy atom. The number of hydrogen-bond donors (Lipinski definition) is 2. The Kier molecular flexibility index (Phi) is 1.58. The molecule has 1 aliphatic carbocycles. The molecule has 0 aromatic carbocycles. The van der Waals surface area contributed by atoms with Crippen LogP contribution in [0.5, 0.6) is 0 Å². The minimum absolute atomic E-state index is 0.335. The maximum Gasteiger partial charge on any atom is 0.0428 e. The lowest BCUT2D eigenvalue weighted by Crippen LogP contribution is -2.20. The van der Waals surface area contributed by atoms with E-state index in [0.29, 0.717) is 12.1 Å². The third kappa shape index (κ3) is 1.57. The Hall–Kier alpha value is -0.760. The molecule has 0 aliphatic heterocycles. The Labute approximate surface area is 55.4 Å². The molecule has 0 amide bonds. The van der Waals surface area contributed by atoms with E-state index in [9.17, 15) is 0 Å². The molecule has 0 aromatic heterocycles. The molecule has 1 rings (SSSR count). The van der Waals surface area contributed by atoms with E-state index in [1.54, 1.807) is 6.08 Å². The quantitative estimate of drug-likeness (QED) is 0.534. The summed E-state index contributed by atoms with van der Waals surface area (Å²) in [5.41, 5.74) is 6.40. The second-order valence-corrected chi connectivity index (χ2v) is 2.38. The van der Waals surface area contributed by atoms with Gasteiger partial charge in [0.15, 0.2) is 0 Å². The van der Waals surface area contributed by atoms with E-state index in [1.165, 1.54) is 0 Å². The lowest BCUT2D eigenvalue weighted by atomic mass is 10.4. The second kappa shape index (κ2) is 2.23. The first-order valence-corrected chi connectivity index (χ1v) is 3.07. The van der Waals surface area contributed by atoms with Gasteiger partial charge in [-0.1, -0.05) is 13.2 Å². The van der Waals surface area contributed by atoms with Crippen LogP contribution in [-0.2, 0) is 0 Å². The van der Waals surface area contributed by atoms with Gasteiger partial charge in [-0.2, -0.15) is 0 Å². The number of allylic oxidation sites excluding steroid dienone is 1. The average molecular weight is 124 g/mol. The number of hydrogen-bond acceptors (Lipinski definition) is 2. The van der Waals surface area contributed by atoms with Crippen molar-refractivity contribution in [2.75, 3.05) is 0 Å². The molecule has 1 aliphatic rings. The van der Waals surface area contributed by atoms with Crippen molar-refractivity contribution in [2.24, 2.45) is 5.73 Å². The second-order valence-electron chi connectivity index (χ2n) is 2.38. The SMILES string of the molecule is C=CC(=C)N[C@H]1CC1N. The fraction of sp³-hybridized carbons (Fsp3) is 0.429. The highest BCUT2D eigenvalue weighted by molar-refractivity contribution is 5.14. The molecule has 0 spiro atoms. The molecule has 9 heavy (non-hydrogen) atoms. The van der Waals surface area contributed by atoms with Crippen molar-refractivity contribution in [2.45, 2.75) is 18.5 Å². The Balaban J connectivity index is 2.19. The molecular formula is C7H12N2. The van der Waals surface area contributed by atoms with Crippen molar-refractivity contribution in [1.82, 2.24) is 5.32 Å². The molecule has 1 fully saturated rings. The highest BCUT2D eigenvalue weighted by Gasteiger charge is 2.32. The van der Waals surface area contributed by atoms with Gasteiger partial charge in [0.05, 0.1) is 0 Å². The van der Waals surface area contributed by atoms with E-state index >= 15 is 0 Å². The summed E-state index contributed by atoms with van der Waals surface area (Å²) in [6.45, 7) is 7.27. The molecule has 0 saturated heterocycles. The van der Waals surface area contributed by atoms with E-state index in [0.717, 1.165) is 12.1 Å². The number of rotatable bonds is 3. The molecule has 50 valence electrons. The molecule has 0 bridgehead atoms. The number of nitrogens with two attached hydrogens (primary N) is 1. The van der Waals surface area contributed by atoms with Crippen LogP contribution in [0.3, 0.4) is 0 Å². The summed E-state index contributed by atoms with van der Waals surface area (Å²) in [6.07, 6.45) is 2.76. The molecule has 2 atom stereocenters. The summed E-state index contributed by atoms with van der Waals surface area (Å²) >= 11 is 0. The van der Waals surface area contributed by atoms with Crippen LogP contribution in [0.25, 0.3) is 0 Å². The molecule has 1 saturated carbocycles. The monoisotopic (exact) mass is 124 g/mol. The average Bonchev–Trinajstić information content (AvgIpc) is 2.47. The van der Waals surface area contributed by atoms with E-state index in [4.69, 9.17) is 5.73 Å². The smallest absolute Gasteiger partial charge is 0.0428 e. The maximum atomic E-state index is 5.53. The van der Waals surface area contributed by atoms with Crippen molar-refractivity contribution in [3.8, 4) is 0 Å². The summed E-state index contributed by atoms with van der Waals surface area (Å²) in [4.78, 5) is 0. The van der Waals surface area contributed by atoms with Crippen molar-refractivity contribution in [3.63, 3.8) is 0 Å². The molecule has 2 heteroatoms. The highest BCUT2D eigenvalue weighted by Crippen LogP contribution is 2.18. The lowest BCUT2D eigenvalue weighted by Gasteiger charge is -2.00. The Bertz CT molecular complexity index is 140. The van der Waals surface area contributed by atoms with Gasteiger partial charge in [0, 0.05) is 17.8 Å². The molecule has 0 aromatic rings. The summed E-state index contributed by atoms with van der Waals surface area (Å²) < 4.78 is 0. The molecule has 2 nitrogen and oxygen atoms in total. The standard InChI is InChI=1S/C7H12N2/c1-3-5(2)9-7-4-6(7)8/h3,6-7,9H,1-2,4,8H2/t6?,7-/m0/s1. The van der Waals surface area contributed by atoms with E-state index in [-0.39, 0.29) is 0 Å². The number of nitrogens with one attached hydrogen (secondary N) is 1. The van der Waals surface area contributed by atoms with Crippen LogP contribution in [0.2, 0.25) is 0 Å². The van der Waals surface area contributed by atoms with Gasteiger partial charge in [-0.3, -0.25) is 0 Å². The van der Waals surface area contributed by atoms with Crippen LogP contribution < -0.4 is 11.1 Å². The zero-order chi connectivity index (χ0) is 6.85. The zero-order valence-corrected chi connectivity index (χ0v) is 5.43. The molecule has 0 heterocycles. The van der Waals surface area contributed by atoms with Gasteiger partial charge in [0.1, 0.15) is 0 Å². The third-order valence-electron chi connectivity index (χ3n) is 1.46. The summed E-state index contributed by atoms with van der Waals surface area (Å²) in [6, 6.07) is 0.789. The predicted molar refractivity (Wildman–Crippen MR) is 38.9 cm³/mol. The van der Waals surface area contributed by atoms with Gasteiger partial charge in [-0.05, 0) is 12.5 Å². The van der Waals surface area contributed by atoms with Crippen molar-refractivity contribution < 1.29 is 0 Å². The van der Waals surface area contributed by atoms with Gasteiger partial charge < -0.3 is 11.1 Å². The van der Waals surface area contributed by atoms with Gasteiger partial charge >= 0.3 is 0 Å². The summed E-state index contributed by atoms with van der Waals surface area (Å²) in [5, 5.41) is 3.12. The van der Waals surface area contributed by atoms with Crippen molar-refractivity contribution >= 4 is 0 Å². The minimum Gasteiger partial charge on any atom is -0.381 e. The van der Waals surface area contributed by atoms with Crippen molar-refractivity contribution in [1.29, 1.82) is 0 Å². The lowest BCUT2D eigenvalue weighted by molar-refractivity contribution is 0.794. The predicted octanol–water partition coefficient (Wildman–Crippen LogP) is 0.375. The first-order chi connectivity index (χ1) is 4.24. The van der Waals surface area contributed by atoms with Crippen LogP contribution >= 0.6 is 0 Å². The normalized spacial score (nSPS) is 31.2. The molecule has 3 N–H and O–H groups in total. The third-order valence-corrected chi connectivity index (χ3v) is 1.46. The van der Waals surface area contributed by atoms with Crippen LogP contribution in [-0.4, -0.2) is 12.1 Å². The van der Waals surface area contributed by atoms with Crippen LogP contribution in [0.1, 0.15) is 6.42 Å². The van der Waals surface area contributed by atoms with Gasteiger partial charge in [-0.25, -0.2) is 0 Å². The van der Waals surface area contributed by atoms with Crippen LogP contribution in [0.15, 0.2) is 24.9 Å². The first kappa shape index (κ1) is 6.36. The van der Waals surface area contributed by atoms with Crippen molar-refractivity contribution in [3.05, 3.63) is 24.9 Å². The highest BCUT2D eigenvalue weighted by atomic mass is 15.0. The molecular weight excluding hydrogens is 112 g/mol. The molecule has 0 radical (unpaired) electrons. The van der Waals surface area contributed by atoms with Gasteiger partial charge in [-0.15, -0.1) is 0 Å². The largest absolute Gasteiger partial charge is 0.381 e. The fourth-order valence-electron chi connectivity index (χ4n) is 0.678. The van der Waals surface area contributed by atoms with Gasteiger partial charge in [0.25, 0.3) is 0 Å². The minimum atomic E-state index is 0.335. The van der Waals surface area contributed by atoms with Crippen LogP contribution in [0, 0.1) is 0 Å². The summed E-state index contributed by atoms with van der Waals surface area (Å²) in [7, 11) is 0. The first-order valence-electron chi connectivity index (χ1n) is 3.07. The fourth-order valence-corrected chi connectivity index (χ4v) is 0.678. The van der Waals surface area contributed by atoms with E-state index < -0.39 is 0 Å². The maximum absolute atomic E-state index is 5.53. The van der Waals surface area contributed by atoms with Crippen LogP contribution in [0.4, 0.5) is 0 Å².